The van der Waals surface area contributed by atoms with Gasteiger partial charge in [-0.3, -0.25) is 4.79 Å². The number of hydrogen-bond acceptors (Lipinski definition) is 3. The monoisotopic (exact) mass is 261 g/mol. The highest BCUT2D eigenvalue weighted by molar-refractivity contribution is 6.34. The molecule has 6 heteroatoms. The smallest absolute Gasteiger partial charge is 0.254 e. The largest absolute Gasteiger partial charge is 0.352 e. The number of carbonyl (C=O) groups excluding carboxylic acids is 1. The van der Waals surface area contributed by atoms with E-state index < -0.39 is 0 Å². The van der Waals surface area contributed by atoms with Crippen molar-refractivity contribution in [2.45, 2.75) is 20.3 Å². The maximum absolute atomic E-state index is 11.7. The van der Waals surface area contributed by atoms with Crippen LogP contribution in [0.2, 0.25) is 10.3 Å². The predicted molar refractivity (Wildman–Crippen MR) is 63.8 cm³/mol. The van der Waals surface area contributed by atoms with Crippen LogP contribution in [-0.2, 0) is 0 Å². The quantitative estimate of drug-likeness (QED) is 0.907. The van der Waals surface area contributed by atoms with Crippen LogP contribution in [0.25, 0.3) is 0 Å². The van der Waals surface area contributed by atoms with E-state index in [2.05, 4.69) is 29.4 Å². The van der Waals surface area contributed by atoms with Gasteiger partial charge in [-0.05, 0) is 12.0 Å². The maximum Gasteiger partial charge on any atom is 0.254 e. The highest BCUT2D eigenvalue weighted by Gasteiger charge is 2.13. The molecule has 0 saturated heterocycles. The third kappa shape index (κ3) is 3.61. The number of aromatic nitrogens is 2. The van der Waals surface area contributed by atoms with Crippen LogP contribution in [0.1, 0.15) is 30.6 Å². The molecule has 0 aliphatic rings. The zero-order chi connectivity index (χ0) is 12.1. The molecule has 4 nitrogen and oxygen atoms in total. The van der Waals surface area contributed by atoms with Crippen molar-refractivity contribution in [1.82, 2.24) is 15.5 Å². The van der Waals surface area contributed by atoms with Crippen LogP contribution in [0.3, 0.4) is 0 Å². The van der Waals surface area contributed by atoms with Crippen molar-refractivity contribution >= 4 is 29.1 Å². The zero-order valence-corrected chi connectivity index (χ0v) is 10.6. The third-order valence-corrected chi connectivity index (χ3v) is 2.74. The van der Waals surface area contributed by atoms with Gasteiger partial charge in [0.15, 0.2) is 10.3 Å². The van der Waals surface area contributed by atoms with Gasteiger partial charge < -0.3 is 5.32 Å². The SMILES string of the molecule is CCC(C)CNC(=O)c1cc(Cl)nnc1Cl. The normalized spacial score (nSPS) is 12.2. The Balaban J connectivity index is 2.69. The molecule has 0 saturated carbocycles. The van der Waals surface area contributed by atoms with Crippen molar-refractivity contribution < 1.29 is 4.79 Å². The lowest BCUT2D eigenvalue weighted by molar-refractivity contribution is 0.0947. The second-order valence-electron chi connectivity index (χ2n) is 3.59. The zero-order valence-electron chi connectivity index (χ0n) is 9.13. The topological polar surface area (TPSA) is 54.9 Å². The first-order valence-electron chi connectivity index (χ1n) is 5.01. The second kappa shape index (κ2) is 6.01. The van der Waals surface area contributed by atoms with Gasteiger partial charge in [-0.2, -0.15) is 0 Å². The molecular formula is C10H13Cl2N3O. The Morgan fingerprint density at radius 2 is 2.19 bits per heavy atom. The van der Waals surface area contributed by atoms with Gasteiger partial charge in [-0.1, -0.05) is 43.5 Å². The fourth-order valence-electron chi connectivity index (χ4n) is 1.02. The van der Waals surface area contributed by atoms with Gasteiger partial charge >= 0.3 is 0 Å². The highest BCUT2D eigenvalue weighted by atomic mass is 35.5. The number of carbonyl (C=O) groups is 1. The number of amides is 1. The fraction of sp³-hybridized carbons (Fsp3) is 0.500. The van der Waals surface area contributed by atoms with Gasteiger partial charge in [0.25, 0.3) is 5.91 Å². The fourth-order valence-corrected chi connectivity index (χ4v) is 1.34. The van der Waals surface area contributed by atoms with Crippen molar-refractivity contribution in [3.63, 3.8) is 0 Å². The minimum atomic E-state index is -0.276. The molecule has 0 spiro atoms. The Hall–Kier alpha value is -0.870. The summed E-state index contributed by atoms with van der Waals surface area (Å²) in [5.41, 5.74) is 0.255. The number of halogens is 2. The Morgan fingerprint density at radius 1 is 1.50 bits per heavy atom. The van der Waals surface area contributed by atoms with Crippen molar-refractivity contribution in [2.75, 3.05) is 6.54 Å². The summed E-state index contributed by atoms with van der Waals surface area (Å²) in [7, 11) is 0. The second-order valence-corrected chi connectivity index (χ2v) is 4.34. The first-order chi connectivity index (χ1) is 7.54. The molecular weight excluding hydrogens is 249 g/mol. The number of rotatable bonds is 4. The molecule has 1 N–H and O–H groups in total. The maximum atomic E-state index is 11.7. The number of hydrogen-bond donors (Lipinski definition) is 1. The van der Waals surface area contributed by atoms with E-state index in [1.54, 1.807) is 0 Å². The van der Waals surface area contributed by atoms with E-state index in [0.29, 0.717) is 12.5 Å². The molecule has 0 bridgehead atoms. The number of nitrogens with zero attached hydrogens (tertiary/aromatic N) is 2. The molecule has 1 amide bonds. The Morgan fingerprint density at radius 3 is 2.81 bits per heavy atom. The minimum absolute atomic E-state index is 0.0612. The lowest BCUT2D eigenvalue weighted by Crippen LogP contribution is -2.28. The van der Waals surface area contributed by atoms with Crippen LogP contribution in [0, 0.1) is 5.92 Å². The van der Waals surface area contributed by atoms with Gasteiger partial charge in [0.2, 0.25) is 0 Å². The van der Waals surface area contributed by atoms with Gasteiger partial charge in [-0.15, -0.1) is 10.2 Å². The molecule has 1 atom stereocenters. The summed E-state index contributed by atoms with van der Waals surface area (Å²) >= 11 is 11.4. The number of nitrogens with one attached hydrogen (secondary N) is 1. The molecule has 16 heavy (non-hydrogen) atoms. The standard InChI is InChI=1S/C10H13Cl2N3O/c1-3-6(2)5-13-10(16)7-4-8(11)14-15-9(7)12/h4,6H,3,5H2,1-2H3,(H,13,16). The van der Waals surface area contributed by atoms with Crippen LogP contribution in [-0.4, -0.2) is 22.6 Å². The molecule has 1 rings (SSSR count). The molecule has 0 fully saturated rings. The Bertz CT molecular complexity index is 384. The van der Waals surface area contributed by atoms with E-state index in [0.717, 1.165) is 6.42 Å². The van der Waals surface area contributed by atoms with Crippen LogP contribution >= 0.6 is 23.2 Å². The first-order valence-corrected chi connectivity index (χ1v) is 5.77. The lowest BCUT2D eigenvalue weighted by Gasteiger charge is -2.10. The van der Waals surface area contributed by atoms with Crippen molar-refractivity contribution in [1.29, 1.82) is 0 Å². The van der Waals surface area contributed by atoms with Gasteiger partial charge in [0, 0.05) is 6.54 Å². The average Bonchev–Trinajstić information content (AvgIpc) is 2.28. The minimum Gasteiger partial charge on any atom is -0.352 e. The molecule has 1 aromatic rings. The molecule has 0 radical (unpaired) electrons. The summed E-state index contributed by atoms with van der Waals surface area (Å²) in [6, 6.07) is 1.41. The lowest BCUT2D eigenvalue weighted by atomic mass is 10.1. The molecule has 1 unspecified atom stereocenters. The van der Waals surface area contributed by atoms with Gasteiger partial charge in [0.1, 0.15) is 0 Å². The van der Waals surface area contributed by atoms with Crippen LogP contribution in [0.4, 0.5) is 0 Å². The Kier molecular flexibility index (Phi) is 4.96. The van der Waals surface area contributed by atoms with E-state index in [4.69, 9.17) is 23.2 Å². The van der Waals surface area contributed by atoms with Crippen LogP contribution < -0.4 is 5.32 Å². The summed E-state index contributed by atoms with van der Waals surface area (Å²) < 4.78 is 0. The van der Waals surface area contributed by atoms with Crippen molar-refractivity contribution in [2.24, 2.45) is 5.92 Å². The van der Waals surface area contributed by atoms with Crippen molar-refractivity contribution in [3.05, 3.63) is 21.9 Å². The first kappa shape index (κ1) is 13.2. The highest BCUT2D eigenvalue weighted by Crippen LogP contribution is 2.15. The Labute approximate surface area is 104 Å². The van der Waals surface area contributed by atoms with E-state index in [-0.39, 0.29) is 21.8 Å². The van der Waals surface area contributed by atoms with E-state index in [1.807, 2.05) is 0 Å². The molecule has 1 heterocycles. The van der Waals surface area contributed by atoms with Crippen LogP contribution in [0.15, 0.2) is 6.07 Å². The van der Waals surface area contributed by atoms with Crippen molar-refractivity contribution in [3.8, 4) is 0 Å². The molecule has 1 aromatic heterocycles. The predicted octanol–water partition coefficient (Wildman–Crippen LogP) is 2.56. The van der Waals surface area contributed by atoms with E-state index >= 15 is 0 Å². The summed E-state index contributed by atoms with van der Waals surface area (Å²) in [4.78, 5) is 11.7. The molecule has 0 aromatic carbocycles. The summed E-state index contributed by atoms with van der Waals surface area (Å²) in [5, 5.41) is 10.1. The van der Waals surface area contributed by atoms with Gasteiger partial charge in [-0.25, -0.2) is 0 Å². The van der Waals surface area contributed by atoms with E-state index in [9.17, 15) is 4.79 Å². The van der Waals surface area contributed by atoms with E-state index in [1.165, 1.54) is 6.07 Å². The molecule has 0 aliphatic carbocycles. The molecule has 88 valence electrons. The summed E-state index contributed by atoms with van der Waals surface area (Å²) in [6.45, 7) is 4.72. The third-order valence-electron chi connectivity index (χ3n) is 2.27. The van der Waals surface area contributed by atoms with Crippen LogP contribution in [0.5, 0.6) is 0 Å². The average molecular weight is 262 g/mol. The molecule has 0 aliphatic heterocycles. The summed E-state index contributed by atoms with van der Waals surface area (Å²) in [6.07, 6.45) is 1.00. The summed E-state index contributed by atoms with van der Waals surface area (Å²) in [5.74, 6) is 0.148. The van der Waals surface area contributed by atoms with Gasteiger partial charge in [0.05, 0.1) is 5.56 Å².